The van der Waals surface area contributed by atoms with Crippen LogP contribution < -0.4 is 5.32 Å². The number of ether oxygens (including phenoxy) is 1. The highest BCUT2D eigenvalue weighted by molar-refractivity contribution is 7.99. The summed E-state index contributed by atoms with van der Waals surface area (Å²) in [7, 11) is 0. The van der Waals surface area contributed by atoms with E-state index in [-0.39, 0.29) is 12.7 Å². The highest BCUT2D eigenvalue weighted by atomic mass is 32.2. The second kappa shape index (κ2) is 7.40. The Morgan fingerprint density at radius 2 is 1.95 bits per heavy atom. The molecule has 19 heavy (non-hydrogen) atoms. The third-order valence-electron chi connectivity index (χ3n) is 2.14. The van der Waals surface area contributed by atoms with E-state index in [2.05, 4.69) is 5.32 Å². The number of amides is 1. The number of hydrogen-bond donors (Lipinski definition) is 2. The predicted octanol–water partition coefficient (Wildman–Crippen LogP) is 2.80. The lowest BCUT2D eigenvalue weighted by Crippen LogP contribution is -2.33. The van der Waals surface area contributed by atoms with E-state index in [1.165, 1.54) is 0 Å². The van der Waals surface area contributed by atoms with Gasteiger partial charge in [-0.3, -0.25) is 0 Å². The third kappa shape index (κ3) is 7.08. The zero-order valence-electron chi connectivity index (χ0n) is 11.6. The van der Waals surface area contributed by atoms with Gasteiger partial charge in [0.15, 0.2) is 0 Å². The van der Waals surface area contributed by atoms with Crippen molar-refractivity contribution in [1.29, 1.82) is 0 Å². The molecule has 1 amide bonds. The fourth-order valence-electron chi connectivity index (χ4n) is 1.33. The van der Waals surface area contributed by atoms with Gasteiger partial charge in [0.25, 0.3) is 0 Å². The Bertz CT molecular complexity index is 398. The molecule has 0 fully saturated rings. The van der Waals surface area contributed by atoms with Crippen molar-refractivity contribution < 1.29 is 14.6 Å². The molecule has 0 aromatic heterocycles. The second-order valence-electron chi connectivity index (χ2n) is 5.08. The Hall–Kier alpha value is -1.20. The number of aliphatic hydroxyl groups is 1. The van der Waals surface area contributed by atoms with Crippen LogP contribution in [0.3, 0.4) is 0 Å². The molecule has 0 aliphatic carbocycles. The Balaban J connectivity index is 2.21. The van der Waals surface area contributed by atoms with Crippen LogP contribution in [0.1, 0.15) is 26.3 Å². The molecule has 0 saturated heterocycles. The van der Waals surface area contributed by atoms with Crippen LogP contribution in [0, 0.1) is 0 Å². The summed E-state index contributed by atoms with van der Waals surface area (Å²) in [6, 6.07) is 7.71. The van der Waals surface area contributed by atoms with E-state index in [1.807, 2.05) is 45.0 Å². The first-order valence-corrected chi connectivity index (χ1v) is 7.19. The van der Waals surface area contributed by atoms with Gasteiger partial charge in [-0.15, -0.1) is 11.8 Å². The van der Waals surface area contributed by atoms with Crippen LogP contribution in [-0.4, -0.2) is 29.1 Å². The molecule has 0 aliphatic rings. The summed E-state index contributed by atoms with van der Waals surface area (Å²) in [6.07, 6.45) is -0.385. The largest absolute Gasteiger partial charge is 0.444 e. The Kier molecular flexibility index (Phi) is 6.18. The first-order chi connectivity index (χ1) is 8.90. The van der Waals surface area contributed by atoms with Crippen LogP contribution in [0.15, 0.2) is 29.2 Å². The second-order valence-corrected chi connectivity index (χ2v) is 6.25. The first-order valence-electron chi connectivity index (χ1n) is 6.20. The number of alkyl carbamates (subject to hydrolysis) is 1. The standard InChI is InChI=1S/C14H21NO3S/c1-14(2,3)18-13(17)15-8-9-19-12-6-4-11(10-16)5-7-12/h4-7,16H,8-10H2,1-3H3,(H,15,17). The molecule has 0 unspecified atom stereocenters. The zero-order chi connectivity index (χ0) is 14.3. The van der Waals surface area contributed by atoms with Crippen molar-refractivity contribution in [3.05, 3.63) is 29.8 Å². The number of carbonyl (C=O) groups is 1. The molecule has 0 atom stereocenters. The van der Waals surface area contributed by atoms with Gasteiger partial charge in [-0.1, -0.05) is 12.1 Å². The molecule has 0 radical (unpaired) electrons. The first kappa shape index (κ1) is 15.9. The lowest BCUT2D eigenvalue weighted by atomic mass is 10.2. The SMILES string of the molecule is CC(C)(C)OC(=O)NCCSc1ccc(CO)cc1. The van der Waals surface area contributed by atoms with E-state index in [9.17, 15) is 4.79 Å². The van der Waals surface area contributed by atoms with Crippen LogP contribution >= 0.6 is 11.8 Å². The van der Waals surface area contributed by atoms with Crippen molar-refractivity contribution in [3.8, 4) is 0 Å². The zero-order valence-corrected chi connectivity index (χ0v) is 12.4. The van der Waals surface area contributed by atoms with E-state index in [0.29, 0.717) is 6.54 Å². The summed E-state index contributed by atoms with van der Waals surface area (Å²) in [5.74, 6) is 0.776. The fraction of sp³-hybridized carbons (Fsp3) is 0.500. The van der Waals surface area contributed by atoms with Gasteiger partial charge in [0, 0.05) is 17.2 Å². The van der Waals surface area contributed by atoms with Crippen molar-refractivity contribution in [1.82, 2.24) is 5.32 Å². The highest BCUT2D eigenvalue weighted by Crippen LogP contribution is 2.17. The monoisotopic (exact) mass is 283 g/mol. The van der Waals surface area contributed by atoms with Gasteiger partial charge in [0.1, 0.15) is 5.60 Å². The molecular formula is C14H21NO3S. The number of nitrogens with one attached hydrogen (secondary N) is 1. The number of carbonyl (C=O) groups excluding carboxylic acids is 1. The lowest BCUT2D eigenvalue weighted by molar-refractivity contribution is 0.0531. The molecular weight excluding hydrogens is 262 g/mol. The van der Waals surface area contributed by atoms with E-state index in [4.69, 9.17) is 9.84 Å². The van der Waals surface area contributed by atoms with Crippen LogP contribution in [0.5, 0.6) is 0 Å². The molecule has 0 aliphatic heterocycles. The Morgan fingerprint density at radius 1 is 1.32 bits per heavy atom. The summed E-state index contributed by atoms with van der Waals surface area (Å²) in [6.45, 7) is 6.13. The predicted molar refractivity (Wildman–Crippen MR) is 77.3 cm³/mol. The summed E-state index contributed by atoms with van der Waals surface area (Å²) in [4.78, 5) is 12.5. The minimum atomic E-state index is -0.461. The summed E-state index contributed by atoms with van der Waals surface area (Å²) >= 11 is 1.65. The smallest absolute Gasteiger partial charge is 0.407 e. The quantitative estimate of drug-likeness (QED) is 0.644. The van der Waals surface area contributed by atoms with Crippen LogP contribution in [-0.2, 0) is 11.3 Å². The van der Waals surface area contributed by atoms with Gasteiger partial charge in [-0.25, -0.2) is 4.79 Å². The van der Waals surface area contributed by atoms with Gasteiger partial charge in [0.2, 0.25) is 0 Å². The normalized spacial score (nSPS) is 11.2. The number of hydrogen-bond acceptors (Lipinski definition) is 4. The van der Waals surface area contributed by atoms with Gasteiger partial charge in [-0.2, -0.15) is 0 Å². The van der Waals surface area contributed by atoms with E-state index >= 15 is 0 Å². The molecule has 0 bridgehead atoms. The highest BCUT2D eigenvalue weighted by Gasteiger charge is 2.15. The summed E-state index contributed by atoms with van der Waals surface area (Å²) in [5.41, 5.74) is 0.438. The van der Waals surface area contributed by atoms with Crippen molar-refractivity contribution >= 4 is 17.9 Å². The van der Waals surface area contributed by atoms with E-state index < -0.39 is 5.60 Å². The summed E-state index contributed by atoms with van der Waals surface area (Å²) < 4.78 is 5.13. The van der Waals surface area contributed by atoms with Crippen molar-refractivity contribution in [2.24, 2.45) is 0 Å². The van der Waals surface area contributed by atoms with Crippen molar-refractivity contribution in [2.75, 3.05) is 12.3 Å². The maximum atomic E-state index is 11.4. The average Bonchev–Trinajstić information content (AvgIpc) is 2.33. The molecule has 1 aromatic rings. The van der Waals surface area contributed by atoms with Gasteiger partial charge in [0.05, 0.1) is 6.61 Å². The molecule has 1 rings (SSSR count). The minimum absolute atomic E-state index is 0.0607. The molecule has 5 heteroatoms. The maximum Gasteiger partial charge on any atom is 0.407 e. The minimum Gasteiger partial charge on any atom is -0.444 e. The number of aliphatic hydroxyl groups excluding tert-OH is 1. The average molecular weight is 283 g/mol. The van der Waals surface area contributed by atoms with Crippen LogP contribution in [0.25, 0.3) is 0 Å². The van der Waals surface area contributed by atoms with Crippen molar-refractivity contribution in [3.63, 3.8) is 0 Å². The Morgan fingerprint density at radius 3 is 2.47 bits per heavy atom. The van der Waals surface area contributed by atoms with Crippen molar-refractivity contribution in [2.45, 2.75) is 37.9 Å². The van der Waals surface area contributed by atoms with E-state index in [1.54, 1.807) is 11.8 Å². The number of benzene rings is 1. The molecule has 0 heterocycles. The van der Waals surface area contributed by atoms with E-state index in [0.717, 1.165) is 16.2 Å². The Labute approximate surface area is 118 Å². The van der Waals surface area contributed by atoms with Gasteiger partial charge < -0.3 is 15.2 Å². The maximum absolute atomic E-state index is 11.4. The molecule has 106 valence electrons. The topological polar surface area (TPSA) is 58.6 Å². The van der Waals surface area contributed by atoms with Gasteiger partial charge in [-0.05, 0) is 38.5 Å². The van der Waals surface area contributed by atoms with Crippen LogP contribution in [0.4, 0.5) is 4.79 Å². The number of thioether (sulfide) groups is 1. The molecule has 0 spiro atoms. The molecule has 1 aromatic carbocycles. The lowest BCUT2D eigenvalue weighted by Gasteiger charge is -2.19. The number of rotatable bonds is 5. The van der Waals surface area contributed by atoms with Crippen LogP contribution in [0.2, 0.25) is 0 Å². The molecule has 2 N–H and O–H groups in total. The third-order valence-corrected chi connectivity index (χ3v) is 3.16. The molecule has 0 saturated carbocycles. The van der Waals surface area contributed by atoms with Gasteiger partial charge >= 0.3 is 6.09 Å². The fourth-order valence-corrected chi connectivity index (χ4v) is 2.10. The molecule has 4 nitrogen and oxygen atoms in total. The summed E-state index contributed by atoms with van der Waals surface area (Å²) in [5, 5.41) is 11.6.